The van der Waals surface area contributed by atoms with E-state index in [1.54, 1.807) is 0 Å². The molecule has 1 atom stereocenters. The Bertz CT molecular complexity index is 4110. The highest BCUT2D eigenvalue weighted by Crippen LogP contribution is 2.64. The van der Waals surface area contributed by atoms with Gasteiger partial charge in [0.1, 0.15) is 11.2 Å². The van der Waals surface area contributed by atoms with E-state index in [0.29, 0.717) is 0 Å². The molecule has 0 saturated heterocycles. The summed E-state index contributed by atoms with van der Waals surface area (Å²) in [5, 5.41) is 4.87. The Labute approximate surface area is 392 Å². The minimum absolute atomic E-state index is 0.179. The fourth-order valence-electron chi connectivity index (χ4n) is 12.7. The molecular formula is C64H41NOS. The molecule has 0 bridgehead atoms. The number of rotatable bonds is 3. The van der Waals surface area contributed by atoms with Crippen molar-refractivity contribution >= 4 is 70.5 Å². The molecule has 314 valence electrons. The normalized spacial score (nSPS) is 15.8. The summed E-state index contributed by atoms with van der Waals surface area (Å²) in [5.41, 5.74) is 22.4. The van der Waals surface area contributed by atoms with Crippen LogP contribution in [0.1, 0.15) is 47.2 Å². The number of benzene rings is 10. The van der Waals surface area contributed by atoms with Crippen molar-refractivity contribution in [2.45, 2.75) is 24.7 Å². The second kappa shape index (κ2) is 13.3. The van der Waals surface area contributed by atoms with Gasteiger partial charge in [-0.3, -0.25) is 0 Å². The maximum absolute atomic E-state index is 6.64. The van der Waals surface area contributed by atoms with Gasteiger partial charge in [0.25, 0.3) is 0 Å². The van der Waals surface area contributed by atoms with Crippen molar-refractivity contribution in [2.75, 3.05) is 4.90 Å². The highest BCUT2D eigenvalue weighted by Gasteiger charge is 2.51. The number of anilines is 3. The highest BCUT2D eigenvalue weighted by atomic mass is 32.1. The van der Waals surface area contributed by atoms with Gasteiger partial charge < -0.3 is 9.32 Å². The Balaban J connectivity index is 1.09. The molecule has 0 saturated carbocycles. The quantitative estimate of drug-likeness (QED) is 0.176. The van der Waals surface area contributed by atoms with Crippen molar-refractivity contribution in [2.24, 2.45) is 0 Å². The van der Waals surface area contributed by atoms with E-state index in [1.165, 1.54) is 98.1 Å². The van der Waals surface area contributed by atoms with Crippen LogP contribution in [0.2, 0.25) is 0 Å². The highest BCUT2D eigenvalue weighted by molar-refractivity contribution is 7.26. The summed E-state index contributed by atoms with van der Waals surface area (Å²) in [5.74, 6) is 0. The van der Waals surface area contributed by atoms with E-state index in [9.17, 15) is 0 Å². The smallest absolute Gasteiger partial charge is 0.137 e. The zero-order valence-corrected chi connectivity index (χ0v) is 37.8. The number of para-hydroxylation sites is 1. The molecule has 12 aromatic rings. The van der Waals surface area contributed by atoms with Gasteiger partial charge in [0, 0.05) is 42.3 Å². The molecule has 67 heavy (non-hydrogen) atoms. The Morgan fingerprint density at radius 1 is 0.373 bits per heavy atom. The maximum atomic E-state index is 6.64. The summed E-state index contributed by atoms with van der Waals surface area (Å²) < 4.78 is 9.27. The van der Waals surface area contributed by atoms with Gasteiger partial charge in [0.2, 0.25) is 0 Å². The monoisotopic (exact) mass is 871 g/mol. The molecule has 3 aliphatic carbocycles. The summed E-state index contributed by atoms with van der Waals surface area (Å²) in [4.78, 5) is 2.51. The van der Waals surface area contributed by atoms with E-state index in [1.807, 2.05) is 11.3 Å². The van der Waals surface area contributed by atoms with Gasteiger partial charge in [-0.15, -0.1) is 11.3 Å². The summed E-state index contributed by atoms with van der Waals surface area (Å²) in [6, 6.07) is 79.8. The Hall–Kier alpha value is -7.98. The maximum Gasteiger partial charge on any atom is 0.137 e. The van der Waals surface area contributed by atoms with E-state index in [0.717, 1.165) is 39.0 Å². The molecule has 2 aromatic heterocycles. The predicted octanol–water partition coefficient (Wildman–Crippen LogP) is 17.7. The molecule has 10 aromatic carbocycles. The van der Waals surface area contributed by atoms with Crippen LogP contribution in [0.25, 0.3) is 86.6 Å². The lowest BCUT2D eigenvalue weighted by Gasteiger charge is -2.36. The van der Waals surface area contributed by atoms with Gasteiger partial charge in [-0.2, -0.15) is 0 Å². The summed E-state index contributed by atoms with van der Waals surface area (Å²) in [6.07, 6.45) is 0. The van der Waals surface area contributed by atoms with Gasteiger partial charge in [0.05, 0.1) is 16.5 Å². The second-order valence-corrected chi connectivity index (χ2v) is 20.1. The van der Waals surface area contributed by atoms with Crippen molar-refractivity contribution in [1.29, 1.82) is 0 Å². The molecule has 15 rings (SSSR count). The molecule has 0 fully saturated rings. The predicted molar refractivity (Wildman–Crippen MR) is 281 cm³/mol. The van der Waals surface area contributed by atoms with Crippen LogP contribution in [0.5, 0.6) is 0 Å². The first-order chi connectivity index (χ1) is 33.0. The van der Waals surface area contributed by atoms with Crippen molar-refractivity contribution in [3.8, 4) is 44.5 Å². The summed E-state index contributed by atoms with van der Waals surface area (Å²) in [6.45, 7) is 4.75. The molecule has 0 radical (unpaired) electrons. The van der Waals surface area contributed by atoms with Crippen molar-refractivity contribution < 1.29 is 4.42 Å². The van der Waals surface area contributed by atoms with Gasteiger partial charge in [-0.1, -0.05) is 172 Å². The number of fused-ring (bicyclic) bond motifs is 22. The lowest BCUT2D eigenvalue weighted by atomic mass is 9.65. The third-order valence-corrected chi connectivity index (χ3v) is 16.6. The number of furan rings is 1. The zero-order valence-electron chi connectivity index (χ0n) is 37.0. The number of hydrogen-bond donors (Lipinski definition) is 0. The molecule has 2 heterocycles. The Morgan fingerprint density at radius 2 is 0.925 bits per heavy atom. The Kier molecular flexibility index (Phi) is 7.41. The second-order valence-electron chi connectivity index (χ2n) is 19.1. The largest absolute Gasteiger partial charge is 0.456 e. The van der Waals surface area contributed by atoms with Crippen LogP contribution >= 0.6 is 11.3 Å². The third-order valence-electron chi connectivity index (χ3n) is 15.5. The van der Waals surface area contributed by atoms with E-state index in [2.05, 4.69) is 231 Å². The number of hydrogen-bond acceptors (Lipinski definition) is 3. The summed E-state index contributed by atoms with van der Waals surface area (Å²) in [7, 11) is 0. The topological polar surface area (TPSA) is 16.4 Å². The third kappa shape index (κ3) is 4.79. The van der Waals surface area contributed by atoms with Crippen LogP contribution < -0.4 is 4.90 Å². The first kappa shape index (κ1) is 37.3. The fourth-order valence-corrected chi connectivity index (χ4v) is 13.8. The lowest BCUT2D eigenvalue weighted by molar-refractivity contribution is 0.660. The average Bonchev–Trinajstić information content (AvgIpc) is 4.08. The van der Waals surface area contributed by atoms with Crippen molar-refractivity contribution in [3.05, 3.63) is 246 Å². The van der Waals surface area contributed by atoms with E-state index in [-0.39, 0.29) is 5.41 Å². The van der Waals surface area contributed by atoms with Gasteiger partial charge >= 0.3 is 0 Å². The molecule has 1 spiro atoms. The van der Waals surface area contributed by atoms with Gasteiger partial charge in [0.15, 0.2) is 0 Å². The molecule has 0 N–H and O–H groups in total. The molecule has 3 heteroatoms. The molecule has 2 nitrogen and oxygen atoms in total. The van der Waals surface area contributed by atoms with E-state index in [4.69, 9.17) is 4.42 Å². The zero-order chi connectivity index (χ0) is 44.2. The van der Waals surface area contributed by atoms with Gasteiger partial charge in [-0.05, 0) is 132 Å². The summed E-state index contributed by atoms with van der Waals surface area (Å²) >= 11 is 1.90. The minimum Gasteiger partial charge on any atom is -0.456 e. The van der Waals surface area contributed by atoms with Crippen LogP contribution in [0.3, 0.4) is 0 Å². The van der Waals surface area contributed by atoms with Crippen LogP contribution in [0.4, 0.5) is 17.1 Å². The molecular weight excluding hydrogens is 831 g/mol. The van der Waals surface area contributed by atoms with Crippen LogP contribution in [0.15, 0.2) is 217 Å². The fraction of sp³-hybridized carbons (Fsp3) is 0.0625. The standard InChI is InChI=1S/C64H41NOS/c1-63(2)49-23-10-5-19-43(49)45-33-31-38(36-53(45)63)65(55-26-15-28-57-61(55)47-21-8-13-27-56(47)66-57)39-30-32-44-41-17-4-3-16-40(41)42-18-6-11-24-50(42)64(54(44)37-39)51-25-12-7-20-46(51)60-52(64)34-35-59-62(60)48-22-9-14-29-58(48)67-59/h3-37H,1-2H3. The van der Waals surface area contributed by atoms with Crippen LogP contribution in [0, 0.1) is 0 Å². The number of thiophene rings is 1. The molecule has 1 unspecified atom stereocenters. The lowest BCUT2D eigenvalue weighted by Crippen LogP contribution is -2.29. The van der Waals surface area contributed by atoms with Crippen molar-refractivity contribution in [3.63, 3.8) is 0 Å². The van der Waals surface area contributed by atoms with Gasteiger partial charge in [-0.25, -0.2) is 0 Å². The molecule has 3 aliphatic rings. The Morgan fingerprint density at radius 3 is 1.69 bits per heavy atom. The average molecular weight is 872 g/mol. The molecule has 0 aliphatic heterocycles. The van der Waals surface area contributed by atoms with E-state index >= 15 is 0 Å². The molecule has 0 amide bonds. The first-order valence-electron chi connectivity index (χ1n) is 23.3. The SMILES string of the molecule is CC1(C)c2ccccc2-c2ccc(N(c3ccc4c(c3)C3(c5ccccc5-c5ccccc5-4)c4ccccc4-c4c3ccc3sc5ccccc5c43)c3cccc4oc5ccccc5c34)cc21. The van der Waals surface area contributed by atoms with Crippen LogP contribution in [-0.2, 0) is 10.8 Å². The first-order valence-corrected chi connectivity index (χ1v) is 24.1. The van der Waals surface area contributed by atoms with Crippen LogP contribution in [-0.4, -0.2) is 0 Å². The van der Waals surface area contributed by atoms with E-state index < -0.39 is 5.41 Å². The minimum atomic E-state index is -0.661. The number of nitrogens with zero attached hydrogens (tertiary/aromatic N) is 1. The van der Waals surface area contributed by atoms with Crippen molar-refractivity contribution in [1.82, 2.24) is 0 Å².